The quantitative estimate of drug-likeness (QED) is 0.503. The highest BCUT2D eigenvalue weighted by molar-refractivity contribution is 6.31. The summed E-state index contributed by atoms with van der Waals surface area (Å²) < 4.78 is 5.13. The Morgan fingerprint density at radius 2 is 2.11 bits per heavy atom. The van der Waals surface area contributed by atoms with Crippen molar-refractivity contribution in [1.29, 1.82) is 0 Å². The highest BCUT2D eigenvalue weighted by Gasteiger charge is 2.30. The minimum atomic E-state index is 0.0515. The molecule has 0 aromatic carbocycles. The summed E-state index contributed by atoms with van der Waals surface area (Å²) in [5.41, 5.74) is 0. The van der Waals surface area contributed by atoms with Crippen molar-refractivity contribution in [1.82, 2.24) is 9.13 Å². The van der Waals surface area contributed by atoms with Crippen LogP contribution in [0.25, 0.3) is 0 Å². The molecular weight excluding hydrogens is 128 g/mol. The zero-order chi connectivity index (χ0) is 6.85. The second-order valence-corrected chi connectivity index (χ2v) is 4.79. The van der Waals surface area contributed by atoms with Crippen LogP contribution in [0.5, 0.6) is 0 Å². The van der Waals surface area contributed by atoms with Crippen molar-refractivity contribution >= 4 is 9.84 Å². The van der Waals surface area contributed by atoms with Gasteiger partial charge in [-0.25, -0.2) is 0 Å². The molecule has 1 heterocycles. The summed E-state index contributed by atoms with van der Waals surface area (Å²) in [4.78, 5) is 0. The minimum absolute atomic E-state index is 0.0515. The van der Waals surface area contributed by atoms with Gasteiger partial charge >= 0.3 is 0 Å². The van der Waals surface area contributed by atoms with Crippen LogP contribution < -0.4 is 0 Å². The fourth-order valence-electron chi connectivity index (χ4n) is 1.54. The SMILES string of the molecule is CCC1N(C)[SiH2]N1CC. The van der Waals surface area contributed by atoms with E-state index >= 15 is 0 Å². The van der Waals surface area contributed by atoms with Crippen LogP contribution in [0.2, 0.25) is 0 Å². The molecule has 1 aliphatic rings. The van der Waals surface area contributed by atoms with E-state index in [9.17, 15) is 0 Å². The van der Waals surface area contributed by atoms with Crippen molar-refractivity contribution in [2.75, 3.05) is 13.6 Å². The summed E-state index contributed by atoms with van der Waals surface area (Å²) in [6.45, 7) is 5.77. The van der Waals surface area contributed by atoms with Crippen LogP contribution in [0.3, 0.4) is 0 Å². The van der Waals surface area contributed by atoms with E-state index in [0.29, 0.717) is 0 Å². The summed E-state index contributed by atoms with van der Waals surface area (Å²) in [6.07, 6.45) is 2.08. The molecule has 9 heavy (non-hydrogen) atoms. The summed E-state index contributed by atoms with van der Waals surface area (Å²) in [5, 5.41) is 0. The molecular formula is C6H16N2Si. The molecule has 54 valence electrons. The van der Waals surface area contributed by atoms with E-state index in [1.807, 2.05) is 0 Å². The Balaban J connectivity index is 2.29. The van der Waals surface area contributed by atoms with Crippen LogP contribution in [-0.2, 0) is 0 Å². The normalized spacial score (nSPS) is 33.0. The molecule has 0 radical (unpaired) electrons. The predicted octanol–water partition coefficient (Wildman–Crippen LogP) is -0.0114. The Morgan fingerprint density at radius 1 is 1.44 bits per heavy atom. The Morgan fingerprint density at radius 3 is 2.33 bits per heavy atom. The molecule has 0 amide bonds. The average molecular weight is 144 g/mol. The van der Waals surface area contributed by atoms with Crippen molar-refractivity contribution < 1.29 is 0 Å². The maximum absolute atomic E-state index is 2.61. The van der Waals surface area contributed by atoms with Gasteiger partial charge in [-0.2, -0.15) is 0 Å². The Bertz CT molecular complexity index is 97.1. The molecule has 0 saturated carbocycles. The Kier molecular flexibility index (Phi) is 2.27. The molecule has 1 unspecified atom stereocenters. The molecule has 1 aliphatic heterocycles. The monoisotopic (exact) mass is 144 g/mol. The van der Waals surface area contributed by atoms with E-state index < -0.39 is 0 Å². The predicted molar refractivity (Wildman–Crippen MR) is 42.8 cm³/mol. The van der Waals surface area contributed by atoms with Crippen LogP contribution in [0.15, 0.2) is 0 Å². The third-order valence-electron chi connectivity index (χ3n) is 2.11. The summed E-state index contributed by atoms with van der Waals surface area (Å²) >= 11 is 0. The highest BCUT2D eigenvalue weighted by Crippen LogP contribution is 2.15. The highest BCUT2D eigenvalue weighted by atomic mass is 28.2. The van der Waals surface area contributed by atoms with Gasteiger partial charge in [0.05, 0.1) is 6.17 Å². The van der Waals surface area contributed by atoms with Crippen molar-refractivity contribution in [3.63, 3.8) is 0 Å². The molecule has 0 aliphatic carbocycles. The average Bonchev–Trinajstić information content (AvgIpc) is 1.83. The maximum Gasteiger partial charge on any atom is 0.175 e. The first-order valence-corrected chi connectivity index (χ1v) is 5.00. The van der Waals surface area contributed by atoms with Gasteiger partial charge in [0.25, 0.3) is 0 Å². The minimum Gasteiger partial charge on any atom is -0.305 e. The van der Waals surface area contributed by atoms with Crippen LogP contribution in [0.1, 0.15) is 20.3 Å². The number of hydrogen-bond acceptors (Lipinski definition) is 2. The van der Waals surface area contributed by atoms with Crippen molar-refractivity contribution in [3.05, 3.63) is 0 Å². The number of nitrogens with zero attached hydrogens (tertiary/aromatic N) is 2. The molecule has 1 saturated heterocycles. The van der Waals surface area contributed by atoms with Crippen LogP contribution >= 0.6 is 0 Å². The molecule has 0 aromatic rings. The van der Waals surface area contributed by atoms with Gasteiger partial charge in [-0.1, -0.05) is 13.8 Å². The second-order valence-electron chi connectivity index (χ2n) is 2.69. The van der Waals surface area contributed by atoms with Gasteiger partial charge in [0.15, 0.2) is 9.84 Å². The zero-order valence-electron chi connectivity index (χ0n) is 6.59. The smallest absolute Gasteiger partial charge is 0.175 e. The van der Waals surface area contributed by atoms with Crippen molar-refractivity contribution in [2.24, 2.45) is 0 Å². The second kappa shape index (κ2) is 2.81. The molecule has 1 atom stereocenters. The Labute approximate surface area is 59.8 Å². The fraction of sp³-hybridized carbons (Fsp3) is 1.00. The van der Waals surface area contributed by atoms with E-state index in [4.69, 9.17) is 0 Å². The molecule has 0 spiro atoms. The van der Waals surface area contributed by atoms with E-state index in [1.165, 1.54) is 13.0 Å². The van der Waals surface area contributed by atoms with E-state index in [0.717, 1.165) is 6.17 Å². The van der Waals surface area contributed by atoms with Crippen molar-refractivity contribution in [2.45, 2.75) is 26.4 Å². The molecule has 2 nitrogen and oxygen atoms in total. The first kappa shape index (κ1) is 7.25. The van der Waals surface area contributed by atoms with Gasteiger partial charge in [-0.15, -0.1) is 0 Å². The maximum atomic E-state index is 2.61. The molecule has 0 bridgehead atoms. The third kappa shape index (κ3) is 1.18. The van der Waals surface area contributed by atoms with Gasteiger partial charge in [0, 0.05) is 0 Å². The lowest BCUT2D eigenvalue weighted by Crippen LogP contribution is -2.64. The van der Waals surface area contributed by atoms with Crippen LogP contribution in [-0.4, -0.2) is 38.7 Å². The lowest BCUT2D eigenvalue weighted by molar-refractivity contribution is 0.119. The van der Waals surface area contributed by atoms with E-state index in [1.54, 1.807) is 0 Å². The lowest BCUT2D eigenvalue weighted by Gasteiger charge is -2.48. The van der Waals surface area contributed by atoms with E-state index in [2.05, 4.69) is 30.0 Å². The van der Waals surface area contributed by atoms with Crippen LogP contribution in [0, 0.1) is 0 Å². The van der Waals surface area contributed by atoms with Gasteiger partial charge < -0.3 is 9.13 Å². The topological polar surface area (TPSA) is 6.48 Å². The lowest BCUT2D eigenvalue weighted by atomic mass is 10.3. The van der Waals surface area contributed by atoms with Gasteiger partial charge in [0.1, 0.15) is 0 Å². The standard InChI is InChI=1S/C6H16N2Si/c1-4-6-7(3)9-8(6)5-2/h6H,4-5,9H2,1-3H3. The first-order chi connectivity index (χ1) is 4.29. The number of hydrogen-bond donors (Lipinski definition) is 0. The molecule has 0 aromatic heterocycles. The Hall–Kier alpha value is 0.137. The summed E-state index contributed by atoms with van der Waals surface area (Å²) in [5.74, 6) is 0. The molecule has 1 rings (SSSR count). The molecule has 3 heteroatoms. The molecule has 0 N–H and O–H groups in total. The summed E-state index contributed by atoms with van der Waals surface area (Å²) in [7, 11) is 2.29. The van der Waals surface area contributed by atoms with Crippen molar-refractivity contribution in [3.8, 4) is 0 Å². The van der Waals surface area contributed by atoms with Crippen LogP contribution in [0.4, 0.5) is 0 Å². The first-order valence-electron chi connectivity index (χ1n) is 3.73. The van der Waals surface area contributed by atoms with Gasteiger partial charge in [0.2, 0.25) is 0 Å². The fourth-order valence-corrected chi connectivity index (χ4v) is 3.41. The van der Waals surface area contributed by atoms with Gasteiger partial charge in [-0.3, -0.25) is 0 Å². The molecule has 1 fully saturated rings. The van der Waals surface area contributed by atoms with Gasteiger partial charge in [-0.05, 0) is 20.0 Å². The number of rotatable bonds is 2. The zero-order valence-corrected chi connectivity index (χ0v) is 8.01. The largest absolute Gasteiger partial charge is 0.305 e. The third-order valence-corrected chi connectivity index (χ3v) is 4.21. The van der Waals surface area contributed by atoms with E-state index in [-0.39, 0.29) is 9.84 Å². The summed E-state index contributed by atoms with van der Waals surface area (Å²) in [6, 6.07) is 0.